The molecule has 0 aliphatic carbocycles. The molecule has 192 valence electrons. The zero-order valence-corrected chi connectivity index (χ0v) is 21.6. The van der Waals surface area contributed by atoms with Gasteiger partial charge in [-0.3, -0.25) is 14.7 Å². The van der Waals surface area contributed by atoms with Gasteiger partial charge in [0.2, 0.25) is 11.2 Å². The summed E-state index contributed by atoms with van der Waals surface area (Å²) >= 11 is 6.22. The molecule has 1 fully saturated rings. The maximum Gasteiger partial charge on any atom is 0.235 e. The Morgan fingerprint density at radius 3 is 2.55 bits per heavy atom. The van der Waals surface area contributed by atoms with Crippen LogP contribution in [0.5, 0.6) is 5.75 Å². The van der Waals surface area contributed by atoms with Crippen molar-refractivity contribution in [1.29, 1.82) is 0 Å². The van der Waals surface area contributed by atoms with Crippen molar-refractivity contribution in [2.75, 3.05) is 44.2 Å². The lowest BCUT2D eigenvalue weighted by Gasteiger charge is -2.35. The van der Waals surface area contributed by atoms with Gasteiger partial charge in [-0.15, -0.1) is 0 Å². The van der Waals surface area contributed by atoms with Crippen LogP contribution in [-0.4, -0.2) is 54.2 Å². The van der Waals surface area contributed by atoms with Crippen LogP contribution in [0.4, 0.5) is 5.82 Å². The SMILES string of the molecule is O=c1c(OCCCN2CCN(c3cnc4ccccc4n3)CC2)c(-c2cccc(Cl)c2)oc2ccccc12. The number of para-hydroxylation sites is 3. The van der Waals surface area contributed by atoms with Gasteiger partial charge in [-0.1, -0.05) is 48.0 Å². The Morgan fingerprint density at radius 2 is 1.71 bits per heavy atom. The number of aromatic nitrogens is 2. The van der Waals surface area contributed by atoms with Crippen molar-refractivity contribution in [3.05, 3.63) is 94.2 Å². The molecule has 3 aromatic carbocycles. The Balaban J connectivity index is 1.09. The highest BCUT2D eigenvalue weighted by Gasteiger charge is 2.20. The van der Waals surface area contributed by atoms with Crippen molar-refractivity contribution < 1.29 is 9.15 Å². The topological polar surface area (TPSA) is 71.7 Å². The molecule has 38 heavy (non-hydrogen) atoms. The van der Waals surface area contributed by atoms with Gasteiger partial charge in [0.25, 0.3) is 0 Å². The number of hydrogen-bond acceptors (Lipinski definition) is 7. The first-order valence-corrected chi connectivity index (χ1v) is 13.2. The molecule has 0 spiro atoms. The molecule has 0 atom stereocenters. The molecular weight excluding hydrogens is 500 g/mol. The number of hydrogen-bond donors (Lipinski definition) is 0. The number of nitrogens with zero attached hydrogens (tertiary/aromatic N) is 4. The van der Waals surface area contributed by atoms with Crippen molar-refractivity contribution in [3.63, 3.8) is 0 Å². The maximum atomic E-state index is 13.3. The number of piperazine rings is 1. The van der Waals surface area contributed by atoms with Crippen LogP contribution < -0.4 is 15.1 Å². The summed E-state index contributed by atoms with van der Waals surface area (Å²) in [5, 5.41) is 1.07. The van der Waals surface area contributed by atoms with Gasteiger partial charge in [0.15, 0.2) is 5.76 Å². The zero-order chi connectivity index (χ0) is 25.9. The van der Waals surface area contributed by atoms with E-state index in [1.165, 1.54) is 0 Å². The highest BCUT2D eigenvalue weighted by atomic mass is 35.5. The Kier molecular flexibility index (Phi) is 6.94. The molecule has 8 heteroatoms. The second-order valence-corrected chi connectivity index (χ2v) is 9.78. The molecular formula is C30H27ClN4O3. The van der Waals surface area contributed by atoms with Crippen LogP contribution in [0.2, 0.25) is 5.02 Å². The maximum absolute atomic E-state index is 13.3. The molecule has 0 N–H and O–H groups in total. The van der Waals surface area contributed by atoms with E-state index in [0.29, 0.717) is 33.9 Å². The van der Waals surface area contributed by atoms with Crippen LogP contribution >= 0.6 is 11.6 Å². The van der Waals surface area contributed by atoms with E-state index in [2.05, 4.69) is 14.8 Å². The normalized spacial score (nSPS) is 14.3. The average Bonchev–Trinajstić information content (AvgIpc) is 2.96. The number of halogens is 1. The van der Waals surface area contributed by atoms with E-state index in [1.807, 2.05) is 54.7 Å². The van der Waals surface area contributed by atoms with Crippen LogP contribution in [0.3, 0.4) is 0 Å². The zero-order valence-electron chi connectivity index (χ0n) is 20.8. The lowest BCUT2D eigenvalue weighted by atomic mass is 10.1. The molecule has 3 heterocycles. The minimum Gasteiger partial charge on any atom is -0.486 e. The summed E-state index contributed by atoms with van der Waals surface area (Å²) in [6.45, 7) is 4.93. The lowest BCUT2D eigenvalue weighted by molar-refractivity contribution is 0.223. The van der Waals surface area contributed by atoms with Crippen molar-refractivity contribution in [2.45, 2.75) is 6.42 Å². The average molecular weight is 527 g/mol. The van der Waals surface area contributed by atoms with Gasteiger partial charge in [0.1, 0.15) is 11.4 Å². The van der Waals surface area contributed by atoms with E-state index >= 15 is 0 Å². The predicted octanol–water partition coefficient (Wildman–Crippen LogP) is 5.65. The minimum absolute atomic E-state index is 0.174. The van der Waals surface area contributed by atoms with E-state index in [9.17, 15) is 4.79 Å². The van der Waals surface area contributed by atoms with Gasteiger partial charge in [-0.25, -0.2) is 4.98 Å². The first-order valence-electron chi connectivity index (χ1n) is 12.8. The summed E-state index contributed by atoms with van der Waals surface area (Å²) in [6, 6.07) is 22.4. The summed E-state index contributed by atoms with van der Waals surface area (Å²) in [4.78, 5) is 27.3. The number of anilines is 1. The molecule has 7 nitrogen and oxygen atoms in total. The summed E-state index contributed by atoms with van der Waals surface area (Å²) in [7, 11) is 0. The third-order valence-corrected chi connectivity index (χ3v) is 7.08. The Morgan fingerprint density at radius 1 is 0.921 bits per heavy atom. The first-order chi connectivity index (χ1) is 18.7. The highest BCUT2D eigenvalue weighted by molar-refractivity contribution is 6.30. The fourth-order valence-electron chi connectivity index (χ4n) is 4.84. The third-order valence-electron chi connectivity index (χ3n) is 6.84. The summed E-state index contributed by atoms with van der Waals surface area (Å²) in [6.07, 6.45) is 2.65. The molecule has 2 aromatic heterocycles. The van der Waals surface area contributed by atoms with Crippen LogP contribution in [0.25, 0.3) is 33.3 Å². The fourth-order valence-corrected chi connectivity index (χ4v) is 5.03. The van der Waals surface area contributed by atoms with Gasteiger partial charge in [-0.05, 0) is 42.8 Å². The summed E-state index contributed by atoms with van der Waals surface area (Å²) < 4.78 is 12.2. The van der Waals surface area contributed by atoms with Crippen LogP contribution in [-0.2, 0) is 0 Å². The van der Waals surface area contributed by atoms with Crippen molar-refractivity contribution in [3.8, 4) is 17.1 Å². The molecule has 0 unspecified atom stereocenters. The second-order valence-electron chi connectivity index (χ2n) is 9.34. The second kappa shape index (κ2) is 10.8. The van der Waals surface area contributed by atoms with E-state index < -0.39 is 0 Å². The van der Waals surface area contributed by atoms with Gasteiger partial charge >= 0.3 is 0 Å². The molecule has 0 bridgehead atoms. The highest BCUT2D eigenvalue weighted by Crippen LogP contribution is 2.32. The molecule has 1 saturated heterocycles. The van der Waals surface area contributed by atoms with E-state index in [1.54, 1.807) is 24.3 Å². The van der Waals surface area contributed by atoms with Crippen molar-refractivity contribution in [2.24, 2.45) is 0 Å². The molecule has 6 rings (SSSR count). The minimum atomic E-state index is -0.174. The number of benzene rings is 3. The van der Waals surface area contributed by atoms with Gasteiger partial charge in [0, 0.05) is 43.3 Å². The quantitative estimate of drug-likeness (QED) is 0.254. The Labute approximate surface area is 225 Å². The lowest BCUT2D eigenvalue weighted by Crippen LogP contribution is -2.47. The summed E-state index contributed by atoms with van der Waals surface area (Å²) in [5.41, 5.74) is 2.89. The first kappa shape index (κ1) is 24.4. The molecule has 0 saturated carbocycles. The Bertz CT molecular complexity index is 1650. The molecule has 1 aliphatic rings. The number of ether oxygens (including phenoxy) is 1. The van der Waals surface area contributed by atoms with Crippen molar-refractivity contribution >= 4 is 39.4 Å². The smallest absolute Gasteiger partial charge is 0.235 e. The van der Waals surface area contributed by atoms with E-state index in [0.717, 1.165) is 56.0 Å². The van der Waals surface area contributed by atoms with Crippen molar-refractivity contribution in [1.82, 2.24) is 14.9 Å². The standard InChI is InChI=1S/C30H27ClN4O3/c31-22-8-5-7-21(19-22)29-30(28(36)23-9-1-4-12-26(23)38-29)37-18-6-13-34-14-16-35(17-15-34)27-20-32-24-10-2-3-11-25(24)33-27/h1-5,7-12,19-20H,6,13-18H2. The van der Waals surface area contributed by atoms with E-state index in [-0.39, 0.29) is 11.2 Å². The number of rotatable bonds is 7. The number of fused-ring (bicyclic) bond motifs is 2. The van der Waals surface area contributed by atoms with Gasteiger partial charge in [-0.2, -0.15) is 0 Å². The third kappa shape index (κ3) is 5.08. The van der Waals surface area contributed by atoms with E-state index in [4.69, 9.17) is 25.7 Å². The molecule has 0 radical (unpaired) electrons. The fraction of sp³-hybridized carbons (Fsp3) is 0.233. The predicted molar refractivity (Wildman–Crippen MR) is 151 cm³/mol. The van der Waals surface area contributed by atoms with Crippen LogP contribution in [0.15, 0.2) is 88.2 Å². The molecule has 0 amide bonds. The molecule has 5 aromatic rings. The van der Waals surface area contributed by atoms with Gasteiger partial charge < -0.3 is 14.1 Å². The van der Waals surface area contributed by atoms with Crippen LogP contribution in [0.1, 0.15) is 6.42 Å². The summed E-state index contributed by atoms with van der Waals surface area (Å²) in [5.74, 6) is 1.55. The monoisotopic (exact) mass is 526 g/mol. The molecule has 1 aliphatic heterocycles. The van der Waals surface area contributed by atoms with Crippen LogP contribution in [0, 0.1) is 0 Å². The largest absolute Gasteiger partial charge is 0.486 e. The van der Waals surface area contributed by atoms with Gasteiger partial charge in [0.05, 0.1) is 29.2 Å². The Hall–Kier alpha value is -3.94.